The van der Waals surface area contributed by atoms with Gasteiger partial charge in [-0.25, -0.2) is 0 Å². The van der Waals surface area contributed by atoms with Crippen LogP contribution in [0, 0.1) is 0 Å². The predicted molar refractivity (Wildman–Crippen MR) is 295 cm³/mol. The van der Waals surface area contributed by atoms with Crippen molar-refractivity contribution in [3.05, 3.63) is 260 Å². The molecule has 2 aromatic heterocycles. The van der Waals surface area contributed by atoms with E-state index in [1.807, 2.05) is 0 Å². The summed E-state index contributed by atoms with van der Waals surface area (Å²) in [6.45, 7) is 4.52. The molecule has 2 heterocycles. The van der Waals surface area contributed by atoms with Gasteiger partial charge >= 0.3 is 0 Å². The van der Waals surface area contributed by atoms with E-state index in [2.05, 4.69) is 258 Å². The van der Waals surface area contributed by atoms with Crippen molar-refractivity contribution in [3.8, 4) is 44.8 Å². The number of rotatable bonds is 4. The van der Waals surface area contributed by atoms with Crippen molar-refractivity contribution in [2.24, 2.45) is 0 Å². The molecule has 0 fully saturated rings. The molecule has 11 aromatic carbocycles. The summed E-state index contributed by atoms with van der Waals surface area (Å²) in [6.07, 6.45) is 9.52. The van der Waals surface area contributed by atoms with Gasteiger partial charge in [0, 0.05) is 32.9 Å². The quantitative estimate of drug-likeness (QED) is 0.156. The molecule has 0 saturated carbocycles. The van der Waals surface area contributed by atoms with Crippen LogP contribution in [-0.2, 0) is 6.42 Å². The Morgan fingerprint density at radius 2 is 0.928 bits per heavy atom. The van der Waals surface area contributed by atoms with Crippen molar-refractivity contribution in [1.29, 1.82) is 0 Å². The fraction of sp³-hybridized carbons (Fsp3) is 0.0149. The van der Waals surface area contributed by atoms with E-state index >= 15 is 0 Å². The molecule has 14 rings (SSSR count). The van der Waals surface area contributed by atoms with Gasteiger partial charge in [0.1, 0.15) is 0 Å². The molecule has 0 aliphatic heterocycles. The molecule has 0 bridgehead atoms. The molecule has 1 aliphatic rings. The maximum Gasteiger partial charge on any atom is 0.0541 e. The Hall–Kier alpha value is -8.98. The summed E-state index contributed by atoms with van der Waals surface area (Å²) >= 11 is 0. The van der Waals surface area contributed by atoms with Gasteiger partial charge in [0.2, 0.25) is 0 Å². The fourth-order valence-electron chi connectivity index (χ4n) is 11.5. The van der Waals surface area contributed by atoms with Crippen LogP contribution in [0.5, 0.6) is 0 Å². The van der Waals surface area contributed by atoms with Crippen molar-refractivity contribution in [2.75, 3.05) is 0 Å². The number of benzene rings is 11. The van der Waals surface area contributed by atoms with Crippen LogP contribution in [0.25, 0.3) is 126 Å². The molecule has 0 atom stereocenters. The molecular weight excluding hydrogens is 833 g/mol. The number of hydrogen-bond donors (Lipinski definition) is 0. The van der Waals surface area contributed by atoms with Crippen LogP contribution in [0.15, 0.2) is 249 Å². The highest BCUT2D eigenvalue weighted by Gasteiger charge is 2.21. The summed E-state index contributed by atoms with van der Waals surface area (Å²) in [5.41, 5.74) is 17.9. The lowest BCUT2D eigenvalue weighted by Crippen LogP contribution is -1.98. The standard InChI is InChI=1S/C67H44N2/c1-43-16-4-2-7-25-57-60(54-22-11-10-20-52(43)54)42-59(58-35-31-45-17-8-9-21-53(45)67(57)58)48-29-28-44-30-34-51(39-49(44)38-48)69-64-27-15-13-24-56(64)62-41-47(33-37-66(62)69)46-32-36-65-61(40-46)55-23-12-14-26-63(55)68(65)50-18-5-3-6-19-50/h2-24,26-42H,1,25H2/b7-2-,16-4-. The maximum atomic E-state index is 4.52. The molecule has 0 unspecified atom stereocenters. The Balaban J connectivity index is 0.929. The van der Waals surface area contributed by atoms with E-state index in [9.17, 15) is 0 Å². The van der Waals surface area contributed by atoms with Crippen molar-refractivity contribution < 1.29 is 0 Å². The van der Waals surface area contributed by atoms with Crippen LogP contribution in [0.2, 0.25) is 0 Å². The number of nitrogens with zero attached hydrogens (tertiary/aromatic N) is 2. The molecule has 0 spiro atoms. The second-order valence-electron chi connectivity index (χ2n) is 18.5. The number of fused-ring (bicyclic) bond motifs is 14. The van der Waals surface area contributed by atoms with Gasteiger partial charge in [-0.3, -0.25) is 0 Å². The van der Waals surface area contributed by atoms with Crippen molar-refractivity contribution in [3.63, 3.8) is 0 Å². The largest absolute Gasteiger partial charge is 0.309 e. The van der Waals surface area contributed by atoms with Gasteiger partial charge in [-0.05, 0) is 162 Å². The first-order chi connectivity index (χ1) is 34.1. The third-order valence-electron chi connectivity index (χ3n) is 14.7. The molecule has 69 heavy (non-hydrogen) atoms. The Kier molecular flexibility index (Phi) is 8.84. The van der Waals surface area contributed by atoms with Crippen LogP contribution < -0.4 is 0 Å². The number of hydrogen-bond acceptors (Lipinski definition) is 0. The van der Waals surface area contributed by atoms with Crippen molar-refractivity contribution in [1.82, 2.24) is 9.13 Å². The molecule has 2 nitrogen and oxygen atoms in total. The highest BCUT2D eigenvalue weighted by molar-refractivity contribution is 6.17. The summed E-state index contributed by atoms with van der Waals surface area (Å²) in [4.78, 5) is 0. The van der Waals surface area contributed by atoms with Crippen LogP contribution >= 0.6 is 0 Å². The van der Waals surface area contributed by atoms with Crippen LogP contribution in [0.3, 0.4) is 0 Å². The topological polar surface area (TPSA) is 9.86 Å². The summed E-state index contributed by atoms with van der Waals surface area (Å²) in [6, 6.07) is 80.9. The third-order valence-corrected chi connectivity index (χ3v) is 14.7. The molecule has 0 N–H and O–H groups in total. The SMILES string of the molecule is C=C1/C=C\C=C/Cc2c(cc(-c3ccc4ccc(-n5c6ccccc6c6cc(-c7ccc8c(c7)c7ccccc7n8-c7ccccc7)ccc65)cc4c3)c3ccc4ccccc4c23)-c2ccccc21. The van der Waals surface area contributed by atoms with Gasteiger partial charge in [-0.15, -0.1) is 0 Å². The molecule has 0 radical (unpaired) electrons. The number of allylic oxidation sites excluding steroid dienone is 5. The Morgan fingerprint density at radius 1 is 0.333 bits per heavy atom. The zero-order valence-electron chi connectivity index (χ0n) is 37.9. The molecule has 0 amide bonds. The summed E-state index contributed by atoms with van der Waals surface area (Å²) in [5, 5.41) is 12.5. The average Bonchev–Trinajstić information content (AvgIpc) is 3.92. The minimum atomic E-state index is 0.821. The minimum Gasteiger partial charge on any atom is -0.309 e. The van der Waals surface area contributed by atoms with Gasteiger partial charge in [0.05, 0.1) is 22.1 Å². The van der Waals surface area contributed by atoms with E-state index in [1.54, 1.807) is 0 Å². The molecule has 1 aliphatic carbocycles. The molecule has 13 aromatic rings. The average molecular weight is 877 g/mol. The van der Waals surface area contributed by atoms with Gasteiger partial charge < -0.3 is 9.13 Å². The van der Waals surface area contributed by atoms with E-state index < -0.39 is 0 Å². The lowest BCUT2D eigenvalue weighted by molar-refractivity contribution is 1.18. The molecule has 322 valence electrons. The van der Waals surface area contributed by atoms with E-state index in [0.29, 0.717) is 0 Å². The minimum absolute atomic E-state index is 0.821. The van der Waals surface area contributed by atoms with E-state index in [-0.39, 0.29) is 0 Å². The first kappa shape index (κ1) is 39.2. The van der Waals surface area contributed by atoms with E-state index in [4.69, 9.17) is 0 Å². The Morgan fingerprint density at radius 3 is 1.68 bits per heavy atom. The van der Waals surface area contributed by atoms with Crippen LogP contribution in [-0.4, -0.2) is 9.13 Å². The monoisotopic (exact) mass is 876 g/mol. The van der Waals surface area contributed by atoms with Crippen LogP contribution in [0.4, 0.5) is 0 Å². The van der Waals surface area contributed by atoms with Crippen LogP contribution in [0.1, 0.15) is 11.1 Å². The van der Waals surface area contributed by atoms with Gasteiger partial charge in [-0.1, -0.05) is 176 Å². The molecule has 0 saturated heterocycles. The van der Waals surface area contributed by atoms with Gasteiger partial charge in [0.15, 0.2) is 0 Å². The predicted octanol–water partition coefficient (Wildman–Crippen LogP) is 18.0. The van der Waals surface area contributed by atoms with E-state index in [1.165, 1.54) is 121 Å². The first-order valence-electron chi connectivity index (χ1n) is 23.9. The zero-order chi connectivity index (χ0) is 45.6. The van der Waals surface area contributed by atoms with Gasteiger partial charge in [0.25, 0.3) is 0 Å². The third kappa shape index (κ3) is 6.19. The lowest BCUT2D eigenvalue weighted by atomic mass is 9.82. The van der Waals surface area contributed by atoms with E-state index in [0.717, 1.165) is 23.2 Å². The number of para-hydroxylation sites is 3. The smallest absolute Gasteiger partial charge is 0.0541 e. The second-order valence-corrected chi connectivity index (χ2v) is 18.5. The number of aromatic nitrogens is 2. The van der Waals surface area contributed by atoms with Crippen molar-refractivity contribution in [2.45, 2.75) is 6.42 Å². The van der Waals surface area contributed by atoms with Gasteiger partial charge in [-0.2, -0.15) is 0 Å². The fourth-order valence-corrected chi connectivity index (χ4v) is 11.5. The molecular formula is C67H44N2. The summed E-state index contributed by atoms with van der Waals surface area (Å²) < 4.78 is 4.83. The second kappa shape index (κ2) is 15.6. The highest BCUT2D eigenvalue weighted by Crippen LogP contribution is 2.45. The summed E-state index contributed by atoms with van der Waals surface area (Å²) in [5.74, 6) is 0. The Bertz CT molecular complexity index is 4340. The maximum absolute atomic E-state index is 4.52. The highest BCUT2D eigenvalue weighted by atomic mass is 15.0. The normalized spacial score (nSPS) is 13.7. The van der Waals surface area contributed by atoms with Crippen molar-refractivity contribution >= 4 is 81.5 Å². The Labute approximate surface area is 400 Å². The zero-order valence-corrected chi connectivity index (χ0v) is 37.9. The lowest BCUT2D eigenvalue weighted by Gasteiger charge is -2.21. The summed E-state index contributed by atoms with van der Waals surface area (Å²) in [7, 11) is 0. The molecule has 2 heteroatoms. The first-order valence-corrected chi connectivity index (χ1v) is 23.9.